The quantitative estimate of drug-likeness (QED) is 0.217. The van der Waals surface area contributed by atoms with Gasteiger partial charge in [0.15, 0.2) is 0 Å². The average Bonchev–Trinajstić information content (AvgIpc) is 3.40. The molecule has 2 aliphatic heterocycles. The summed E-state index contributed by atoms with van der Waals surface area (Å²) in [6, 6.07) is 20.0. The van der Waals surface area contributed by atoms with Gasteiger partial charge in [0.1, 0.15) is 18.1 Å². The number of aryl methyl sites for hydroxylation is 2. The number of ketones is 1. The number of nitrogens with zero attached hydrogens (tertiary/aromatic N) is 2. The first-order valence-corrected chi connectivity index (χ1v) is 12.8. The Hall–Kier alpha value is -4.52. The van der Waals surface area contributed by atoms with E-state index in [1.165, 1.54) is 4.90 Å². The van der Waals surface area contributed by atoms with Crippen LogP contribution in [-0.2, 0) is 16.0 Å². The molecule has 1 unspecified atom stereocenters. The number of nitrogens with one attached hydrogen (secondary N) is 1. The summed E-state index contributed by atoms with van der Waals surface area (Å²) in [6.45, 7) is 5.29. The Morgan fingerprint density at radius 1 is 1.08 bits per heavy atom. The highest BCUT2D eigenvalue weighted by molar-refractivity contribution is 6.52. The minimum atomic E-state index is -0.802. The van der Waals surface area contributed by atoms with Crippen molar-refractivity contribution < 1.29 is 19.4 Å². The van der Waals surface area contributed by atoms with Crippen LogP contribution in [0.3, 0.4) is 0 Å². The number of anilines is 2. The molecule has 0 radical (unpaired) electrons. The van der Waals surface area contributed by atoms with E-state index in [0.717, 1.165) is 45.6 Å². The van der Waals surface area contributed by atoms with E-state index >= 15 is 0 Å². The maximum Gasteiger partial charge on any atom is 0.300 e. The standard InChI is InChI=1S/C31H29N3O4/c1-4-19-9-12-21(13-10-19)34-28(26-18(2)32-23-8-6-5-7-22(23)26)27(30(36)31(34)37)29(35)20-11-14-25-24(17-20)33(3)15-16-38-25/h5-14,17,28,32,35H,4,15-16H2,1-3H3/b29-27+. The van der Waals surface area contributed by atoms with Crippen LogP contribution in [0.15, 0.2) is 72.3 Å². The van der Waals surface area contributed by atoms with Gasteiger partial charge >= 0.3 is 0 Å². The second-order valence-corrected chi connectivity index (χ2v) is 9.85. The second kappa shape index (κ2) is 9.10. The molecule has 1 aromatic heterocycles. The summed E-state index contributed by atoms with van der Waals surface area (Å²) in [6.07, 6.45) is 0.862. The van der Waals surface area contributed by atoms with Crippen molar-refractivity contribution in [3.63, 3.8) is 0 Å². The van der Waals surface area contributed by atoms with Gasteiger partial charge in [-0.05, 0) is 55.3 Å². The van der Waals surface area contributed by atoms with Crippen molar-refractivity contribution in [3.05, 3.63) is 94.7 Å². The van der Waals surface area contributed by atoms with E-state index in [4.69, 9.17) is 4.74 Å². The van der Waals surface area contributed by atoms with Gasteiger partial charge in [-0.2, -0.15) is 0 Å². The lowest BCUT2D eigenvalue weighted by Crippen LogP contribution is -2.29. The molecule has 0 bridgehead atoms. The molecule has 6 rings (SSSR count). The number of benzene rings is 3. The number of H-pyrrole nitrogens is 1. The van der Waals surface area contributed by atoms with Crippen LogP contribution in [0.1, 0.15) is 35.3 Å². The molecule has 7 heteroatoms. The number of carbonyl (C=O) groups is 2. The zero-order valence-corrected chi connectivity index (χ0v) is 21.6. The van der Waals surface area contributed by atoms with Gasteiger partial charge in [-0.1, -0.05) is 37.3 Å². The fraction of sp³-hybridized carbons (Fsp3) is 0.226. The molecule has 1 fully saturated rings. The molecular formula is C31H29N3O4. The number of aliphatic hydroxyl groups excluding tert-OH is 1. The Kier molecular flexibility index (Phi) is 5.71. The van der Waals surface area contributed by atoms with Crippen LogP contribution < -0.4 is 14.5 Å². The summed E-state index contributed by atoms with van der Waals surface area (Å²) in [7, 11) is 1.96. The van der Waals surface area contributed by atoms with Crippen molar-refractivity contribution in [2.45, 2.75) is 26.3 Å². The lowest BCUT2D eigenvalue weighted by Gasteiger charge is -2.28. The number of ether oxygens (including phenoxy) is 1. The van der Waals surface area contributed by atoms with E-state index in [-0.39, 0.29) is 11.3 Å². The largest absolute Gasteiger partial charge is 0.507 e. The maximum atomic E-state index is 13.7. The van der Waals surface area contributed by atoms with Crippen molar-refractivity contribution in [1.82, 2.24) is 4.98 Å². The summed E-state index contributed by atoms with van der Waals surface area (Å²) >= 11 is 0. The molecule has 0 saturated carbocycles. The zero-order chi connectivity index (χ0) is 26.6. The molecule has 3 aromatic carbocycles. The summed E-state index contributed by atoms with van der Waals surface area (Å²) < 4.78 is 5.76. The van der Waals surface area contributed by atoms with Crippen LogP contribution >= 0.6 is 0 Å². The van der Waals surface area contributed by atoms with Gasteiger partial charge in [0.05, 0.1) is 23.8 Å². The van der Waals surface area contributed by atoms with Gasteiger partial charge in [-0.25, -0.2) is 0 Å². The van der Waals surface area contributed by atoms with Crippen LogP contribution in [0.25, 0.3) is 16.7 Å². The molecule has 4 aromatic rings. The van der Waals surface area contributed by atoms with Gasteiger partial charge < -0.3 is 19.7 Å². The number of para-hydroxylation sites is 1. The number of Topliss-reactive ketones (excluding diaryl/α,β-unsaturated/α-hetero) is 1. The number of aromatic amines is 1. The fourth-order valence-corrected chi connectivity index (χ4v) is 5.57. The van der Waals surface area contributed by atoms with Crippen molar-refractivity contribution in [2.75, 3.05) is 30.0 Å². The molecule has 0 spiro atoms. The third-order valence-corrected chi connectivity index (χ3v) is 7.61. The van der Waals surface area contributed by atoms with E-state index in [2.05, 4.69) is 11.9 Å². The highest BCUT2D eigenvalue weighted by Gasteiger charge is 2.48. The highest BCUT2D eigenvalue weighted by atomic mass is 16.5. The van der Waals surface area contributed by atoms with E-state index < -0.39 is 17.7 Å². The first-order valence-electron chi connectivity index (χ1n) is 12.8. The molecule has 7 nitrogen and oxygen atoms in total. The average molecular weight is 508 g/mol. The molecule has 1 amide bonds. The van der Waals surface area contributed by atoms with E-state index in [1.807, 2.05) is 73.5 Å². The minimum absolute atomic E-state index is 0.0711. The molecule has 38 heavy (non-hydrogen) atoms. The van der Waals surface area contributed by atoms with Gasteiger partial charge in [0, 0.05) is 40.5 Å². The zero-order valence-electron chi connectivity index (χ0n) is 21.6. The molecule has 0 aliphatic carbocycles. The summed E-state index contributed by atoms with van der Waals surface area (Å²) in [5, 5.41) is 12.6. The first kappa shape index (κ1) is 23.9. The van der Waals surface area contributed by atoms with Gasteiger partial charge in [0.2, 0.25) is 0 Å². The molecule has 2 N–H and O–H groups in total. The number of carbonyl (C=O) groups excluding carboxylic acids is 2. The Balaban J connectivity index is 1.59. The lowest BCUT2D eigenvalue weighted by atomic mass is 9.93. The highest BCUT2D eigenvalue weighted by Crippen LogP contribution is 2.46. The number of hydrogen-bond donors (Lipinski definition) is 2. The second-order valence-electron chi connectivity index (χ2n) is 9.85. The number of hydrogen-bond acceptors (Lipinski definition) is 5. The van der Waals surface area contributed by atoms with Gasteiger partial charge in [-0.3, -0.25) is 14.5 Å². The number of amides is 1. The van der Waals surface area contributed by atoms with Crippen LogP contribution in [0.4, 0.5) is 11.4 Å². The molecular weight excluding hydrogens is 478 g/mol. The number of likely N-dealkylation sites (N-methyl/N-ethyl adjacent to an activating group) is 1. The third kappa shape index (κ3) is 3.65. The fourth-order valence-electron chi connectivity index (χ4n) is 5.57. The Bertz CT molecular complexity index is 1620. The van der Waals surface area contributed by atoms with Crippen molar-refractivity contribution in [3.8, 4) is 5.75 Å². The van der Waals surface area contributed by atoms with Crippen molar-refractivity contribution >= 4 is 39.7 Å². The monoisotopic (exact) mass is 507 g/mol. The summed E-state index contributed by atoms with van der Waals surface area (Å²) in [5.41, 5.74) is 5.62. The van der Waals surface area contributed by atoms with E-state index in [0.29, 0.717) is 24.4 Å². The number of aromatic nitrogens is 1. The van der Waals surface area contributed by atoms with Crippen molar-refractivity contribution in [1.29, 1.82) is 0 Å². The van der Waals surface area contributed by atoms with Crippen LogP contribution in [0, 0.1) is 6.92 Å². The van der Waals surface area contributed by atoms with Crippen LogP contribution in [0.2, 0.25) is 0 Å². The normalized spacial score (nSPS) is 18.7. The number of fused-ring (bicyclic) bond motifs is 2. The molecule has 192 valence electrons. The molecule has 1 atom stereocenters. The smallest absolute Gasteiger partial charge is 0.300 e. The molecule has 1 saturated heterocycles. The van der Waals surface area contributed by atoms with E-state index in [9.17, 15) is 14.7 Å². The number of aliphatic hydroxyl groups is 1. The Labute approximate surface area is 221 Å². The van der Waals surface area contributed by atoms with Gasteiger partial charge in [-0.15, -0.1) is 0 Å². The van der Waals surface area contributed by atoms with Crippen LogP contribution in [0.5, 0.6) is 5.75 Å². The van der Waals surface area contributed by atoms with Crippen molar-refractivity contribution in [2.24, 2.45) is 0 Å². The minimum Gasteiger partial charge on any atom is -0.507 e. The lowest BCUT2D eigenvalue weighted by molar-refractivity contribution is -0.132. The topological polar surface area (TPSA) is 85.9 Å². The maximum absolute atomic E-state index is 13.7. The number of rotatable bonds is 4. The molecule has 3 heterocycles. The summed E-state index contributed by atoms with van der Waals surface area (Å²) in [4.78, 5) is 34.3. The third-order valence-electron chi connectivity index (χ3n) is 7.61. The summed E-state index contributed by atoms with van der Waals surface area (Å²) in [5.74, 6) is -0.855. The Morgan fingerprint density at radius 3 is 2.61 bits per heavy atom. The predicted molar refractivity (Wildman–Crippen MR) is 149 cm³/mol. The van der Waals surface area contributed by atoms with Crippen LogP contribution in [-0.4, -0.2) is 42.0 Å². The van der Waals surface area contributed by atoms with E-state index in [1.54, 1.807) is 12.1 Å². The molecule has 2 aliphatic rings. The predicted octanol–water partition coefficient (Wildman–Crippen LogP) is 5.49. The first-order chi connectivity index (χ1) is 18.4. The van der Waals surface area contributed by atoms with Gasteiger partial charge in [0.25, 0.3) is 11.7 Å². The Morgan fingerprint density at radius 2 is 1.84 bits per heavy atom. The SMILES string of the molecule is CCc1ccc(N2C(=O)C(=O)/C(=C(/O)c3ccc4c(c3)N(C)CCO4)C2c2c(C)[nH]c3ccccc23)cc1.